The molecule has 0 radical (unpaired) electrons. The molecule has 7 rings (SSSR count). The number of carbonyl (C=O) groups excluding carboxylic acids is 3. The van der Waals surface area contributed by atoms with E-state index in [1.165, 1.54) is 12.7 Å². The summed E-state index contributed by atoms with van der Waals surface area (Å²) >= 11 is 0. The summed E-state index contributed by atoms with van der Waals surface area (Å²) in [6, 6.07) is 16.4. The molecule has 4 atom stereocenters. The molecule has 1 unspecified atom stereocenters. The minimum Gasteiger partial charge on any atom is -0.453 e. The number of hydrogen-bond donors (Lipinski definition) is 3. The predicted octanol–water partition coefficient (Wildman–Crippen LogP) is 6.76. The van der Waals surface area contributed by atoms with Gasteiger partial charge in [0.25, 0.3) is 0 Å². The van der Waals surface area contributed by atoms with E-state index in [9.17, 15) is 14.4 Å². The summed E-state index contributed by atoms with van der Waals surface area (Å²) in [7, 11) is 1.30. The number of carbonyl (C=O) groups is 3. The van der Waals surface area contributed by atoms with Gasteiger partial charge in [0.2, 0.25) is 11.8 Å². The van der Waals surface area contributed by atoms with Crippen LogP contribution in [0.25, 0.3) is 28.0 Å². The van der Waals surface area contributed by atoms with E-state index in [1.54, 1.807) is 0 Å². The number of nitrogens with zero attached hydrogens (tertiary/aromatic N) is 4. The Morgan fingerprint density at radius 3 is 1.98 bits per heavy atom. The molecule has 5 heterocycles. The highest BCUT2D eigenvalue weighted by atomic mass is 16.5. The number of imidazole rings is 1. The van der Waals surface area contributed by atoms with Crippen LogP contribution in [-0.4, -0.2) is 101 Å². The fraction of sp³-hybridized carbons (Fsp3) is 0.523. The molecule has 3 amide bonds. The maximum atomic E-state index is 13.9. The van der Waals surface area contributed by atoms with Crippen molar-refractivity contribution in [3.63, 3.8) is 0 Å². The molecule has 1 aromatic heterocycles. The second-order valence-electron chi connectivity index (χ2n) is 16.3. The van der Waals surface area contributed by atoms with Crippen molar-refractivity contribution in [2.75, 3.05) is 33.4 Å². The van der Waals surface area contributed by atoms with Gasteiger partial charge in [-0.25, -0.2) is 9.78 Å². The summed E-state index contributed by atoms with van der Waals surface area (Å²) in [6.45, 7) is 11.0. The highest BCUT2D eigenvalue weighted by molar-refractivity contribution is 6.03. The number of amides is 3. The molecule has 12 heteroatoms. The third-order valence-corrected chi connectivity index (χ3v) is 11.9. The van der Waals surface area contributed by atoms with Crippen LogP contribution in [0.4, 0.5) is 4.79 Å². The average Bonchev–Trinajstić information content (AvgIpc) is 4.06. The molecule has 298 valence electrons. The summed E-state index contributed by atoms with van der Waals surface area (Å²) in [6.07, 6.45) is 9.46. The number of likely N-dealkylation sites (tertiary alicyclic amines) is 2. The second kappa shape index (κ2) is 17.5. The summed E-state index contributed by atoms with van der Waals surface area (Å²) in [5.74, 6) is 0.931. The molecule has 3 saturated heterocycles. The number of ether oxygens (including phenoxy) is 2. The molecule has 12 nitrogen and oxygen atoms in total. The number of hydrogen-bond acceptors (Lipinski definition) is 8. The van der Waals surface area contributed by atoms with Crippen LogP contribution in [0.5, 0.6) is 0 Å². The van der Waals surface area contributed by atoms with Crippen LogP contribution < -0.4 is 10.6 Å². The number of allylic oxidation sites excluding steroid dienone is 1. The van der Waals surface area contributed by atoms with E-state index in [2.05, 4.69) is 82.9 Å². The standard InChI is InChI=1S/C44H57N7O5/c1-27(2)39(47-34-18-22-56-23-19-34)42(52)50-20-6-8-37(50)35-24-33(25-45-35)31-12-10-29(11-13-31)30-14-16-32(17-15-30)36-26-46-41(48-36)38-9-7-21-51(38)43(53)40(28(3)4)49-44(54)55-5/h10-17,25-28,34,37-40,47H,6-9,18-24H2,1-5H3,(H,46,48)(H,49,54)/t37-,38?,39+,40-/m0/s1. The first-order valence-electron chi connectivity index (χ1n) is 20.4. The first kappa shape index (κ1) is 39.4. The third-order valence-electron chi connectivity index (χ3n) is 11.9. The molecule has 0 saturated carbocycles. The van der Waals surface area contributed by atoms with Gasteiger partial charge < -0.3 is 34.9 Å². The lowest BCUT2D eigenvalue weighted by Gasteiger charge is -2.34. The topological polar surface area (TPSA) is 141 Å². The van der Waals surface area contributed by atoms with Crippen LogP contribution in [0.2, 0.25) is 0 Å². The third kappa shape index (κ3) is 8.61. The van der Waals surface area contributed by atoms with Crippen LogP contribution in [-0.2, 0) is 19.1 Å². The Bertz CT molecular complexity index is 1910. The number of benzene rings is 2. The van der Waals surface area contributed by atoms with E-state index < -0.39 is 12.1 Å². The van der Waals surface area contributed by atoms with Gasteiger partial charge >= 0.3 is 6.09 Å². The van der Waals surface area contributed by atoms with Crippen LogP contribution >= 0.6 is 0 Å². The Morgan fingerprint density at radius 2 is 1.36 bits per heavy atom. The van der Waals surface area contributed by atoms with E-state index in [0.717, 1.165) is 104 Å². The van der Waals surface area contributed by atoms with Crippen molar-refractivity contribution in [1.82, 2.24) is 30.4 Å². The molecule has 2 aromatic carbocycles. The molecule has 0 aliphatic carbocycles. The largest absolute Gasteiger partial charge is 0.453 e. The van der Waals surface area contributed by atoms with E-state index in [1.807, 2.05) is 31.1 Å². The highest BCUT2D eigenvalue weighted by Gasteiger charge is 2.39. The number of aromatic nitrogens is 2. The average molecular weight is 764 g/mol. The smallest absolute Gasteiger partial charge is 0.407 e. The minimum atomic E-state index is -0.673. The number of H-pyrrole nitrogens is 1. The van der Waals surface area contributed by atoms with Crippen molar-refractivity contribution in [2.24, 2.45) is 16.8 Å². The molecule has 0 spiro atoms. The summed E-state index contributed by atoms with van der Waals surface area (Å²) in [5.41, 5.74) is 7.53. The lowest BCUT2D eigenvalue weighted by Crippen LogP contribution is -2.55. The fourth-order valence-electron chi connectivity index (χ4n) is 8.61. The van der Waals surface area contributed by atoms with Gasteiger partial charge in [0.05, 0.1) is 37.1 Å². The van der Waals surface area contributed by atoms with Gasteiger partial charge in [-0.05, 0) is 78.2 Å². The Hall–Kier alpha value is -4.81. The zero-order valence-electron chi connectivity index (χ0n) is 33.4. The predicted molar refractivity (Wildman–Crippen MR) is 218 cm³/mol. The SMILES string of the molecule is COC(=O)N[C@H](C(=O)N1CCCC1c1ncc(-c2ccc(-c3ccc(C4=CN=C([C@@H]5CCCN5C(=O)[C@H](NC5CCOCC5)C(C)C)C4)cc3)cc2)[nH]1)C(C)C. The Morgan fingerprint density at radius 1 is 0.786 bits per heavy atom. The van der Waals surface area contributed by atoms with Crippen molar-refractivity contribution in [2.45, 2.75) is 103 Å². The van der Waals surface area contributed by atoms with Crippen molar-refractivity contribution >= 4 is 29.2 Å². The number of methoxy groups -OCH3 is 1. The molecule has 4 aliphatic heterocycles. The number of alkyl carbamates (subject to hydrolysis) is 1. The van der Waals surface area contributed by atoms with E-state index in [-0.39, 0.29) is 41.8 Å². The Labute approximate surface area is 330 Å². The molecular weight excluding hydrogens is 707 g/mol. The summed E-state index contributed by atoms with van der Waals surface area (Å²) in [4.78, 5) is 56.4. The van der Waals surface area contributed by atoms with Crippen LogP contribution in [0, 0.1) is 11.8 Å². The van der Waals surface area contributed by atoms with Crippen molar-refractivity contribution in [1.29, 1.82) is 0 Å². The molecule has 3 aromatic rings. The molecular formula is C44H57N7O5. The Kier molecular flexibility index (Phi) is 12.4. The van der Waals surface area contributed by atoms with Gasteiger partial charge in [0.1, 0.15) is 11.9 Å². The van der Waals surface area contributed by atoms with Gasteiger partial charge in [-0.15, -0.1) is 0 Å². The Balaban J connectivity index is 0.957. The normalized spacial score (nSPS) is 21.3. The van der Waals surface area contributed by atoms with E-state index in [4.69, 9.17) is 19.5 Å². The maximum absolute atomic E-state index is 13.9. The monoisotopic (exact) mass is 763 g/mol. The molecule has 4 aliphatic rings. The van der Waals surface area contributed by atoms with E-state index >= 15 is 0 Å². The van der Waals surface area contributed by atoms with Crippen molar-refractivity contribution < 1.29 is 23.9 Å². The second-order valence-corrected chi connectivity index (χ2v) is 16.3. The van der Waals surface area contributed by atoms with Gasteiger partial charge in [0.15, 0.2) is 0 Å². The first-order chi connectivity index (χ1) is 27.1. The number of nitrogens with one attached hydrogen (secondary N) is 3. The highest BCUT2D eigenvalue weighted by Crippen LogP contribution is 2.35. The van der Waals surface area contributed by atoms with Gasteiger partial charge in [-0.2, -0.15) is 0 Å². The summed E-state index contributed by atoms with van der Waals surface area (Å²) < 4.78 is 10.3. The van der Waals surface area contributed by atoms with Gasteiger partial charge in [0, 0.05) is 50.7 Å². The number of aliphatic imine (C=N–C) groups is 1. The lowest BCUT2D eigenvalue weighted by atomic mass is 9.95. The summed E-state index contributed by atoms with van der Waals surface area (Å²) in [5, 5.41) is 6.39. The zero-order chi connectivity index (χ0) is 39.3. The van der Waals surface area contributed by atoms with Crippen LogP contribution in [0.3, 0.4) is 0 Å². The molecule has 0 bridgehead atoms. The number of rotatable bonds is 12. The van der Waals surface area contributed by atoms with Gasteiger partial charge in [-0.1, -0.05) is 76.2 Å². The minimum absolute atomic E-state index is 0.0462. The zero-order valence-corrected chi connectivity index (χ0v) is 33.4. The fourth-order valence-corrected chi connectivity index (χ4v) is 8.61. The molecule has 3 fully saturated rings. The van der Waals surface area contributed by atoms with Crippen molar-refractivity contribution in [3.8, 4) is 22.4 Å². The number of aromatic amines is 1. The molecule has 3 N–H and O–H groups in total. The lowest BCUT2D eigenvalue weighted by molar-refractivity contribution is -0.136. The van der Waals surface area contributed by atoms with Crippen molar-refractivity contribution in [3.05, 3.63) is 72.3 Å². The first-order valence-corrected chi connectivity index (χ1v) is 20.4. The van der Waals surface area contributed by atoms with Crippen LogP contribution in [0.15, 0.2) is 65.9 Å². The molecule has 56 heavy (non-hydrogen) atoms. The van der Waals surface area contributed by atoms with E-state index in [0.29, 0.717) is 12.6 Å². The van der Waals surface area contributed by atoms with Gasteiger partial charge in [-0.3, -0.25) is 14.6 Å². The van der Waals surface area contributed by atoms with Crippen LogP contribution in [0.1, 0.15) is 90.1 Å². The maximum Gasteiger partial charge on any atom is 0.407 e. The quantitative estimate of drug-likeness (QED) is 0.185.